The summed E-state index contributed by atoms with van der Waals surface area (Å²) in [6.07, 6.45) is 5.47. The van der Waals surface area contributed by atoms with Crippen molar-refractivity contribution in [2.75, 3.05) is 14.2 Å². The minimum atomic E-state index is -0.704. The molecule has 0 N–H and O–H groups in total. The Morgan fingerprint density at radius 2 is 1.66 bits per heavy atom. The predicted molar refractivity (Wildman–Crippen MR) is 143 cm³/mol. The van der Waals surface area contributed by atoms with E-state index in [1.165, 1.54) is 0 Å². The first kappa shape index (κ1) is 27.1. The maximum atomic E-state index is 14.6. The third-order valence-electron chi connectivity index (χ3n) is 13.3. The van der Waals surface area contributed by atoms with Crippen molar-refractivity contribution in [1.82, 2.24) is 0 Å². The number of Topliss-reactive ketones (excluding diaryl/α,β-unsaturated/α-hetero) is 2. The fourth-order valence-electron chi connectivity index (χ4n) is 10.9. The van der Waals surface area contributed by atoms with Gasteiger partial charge < -0.3 is 18.9 Å². The lowest BCUT2D eigenvalue weighted by Crippen LogP contribution is -2.64. The number of allylic oxidation sites excluding steroid dienone is 2. The van der Waals surface area contributed by atoms with Crippen molar-refractivity contribution in [2.45, 2.75) is 117 Å². The second kappa shape index (κ2) is 7.80. The predicted octanol–water partition coefficient (Wildman–Crippen LogP) is 5.52. The van der Waals surface area contributed by atoms with Crippen LogP contribution in [0.5, 0.6) is 0 Å². The SMILES string of the molecule is CO[C@H]1C[C@@H]2C(=CC[C@@H]3[C@@]2(C)C(=O)C[C@]2(C)[C@@H]4[C@@H](C[C@@]32C)O[C@H]2C[C@](OC)(OC2(C)C)[C@H]4C)C(C)(C)C1=O. The second-order valence-corrected chi connectivity index (χ2v) is 15.3. The van der Waals surface area contributed by atoms with Crippen LogP contribution in [0.4, 0.5) is 0 Å². The van der Waals surface area contributed by atoms with Gasteiger partial charge >= 0.3 is 0 Å². The molecule has 6 nitrogen and oxygen atoms in total. The molecule has 6 aliphatic rings. The lowest BCUT2D eigenvalue weighted by molar-refractivity contribution is -0.287. The van der Waals surface area contributed by atoms with Gasteiger partial charge in [0.15, 0.2) is 11.6 Å². The quantitative estimate of drug-likeness (QED) is 0.440. The number of ether oxygens (including phenoxy) is 4. The zero-order valence-corrected chi connectivity index (χ0v) is 25.1. The summed E-state index contributed by atoms with van der Waals surface area (Å²) in [5, 5.41) is 0. The molecular weight excluding hydrogens is 480 g/mol. The number of rotatable bonds is 2. The number of hydrogen-bond acceptors (Lipinski definition) is 6. The minimum absolute atomic E-state index is 0.0142. The minimum Gasteiger partial charge on any atom is -0.374 e. The van der Waals surface area contributed by atoms with E-state index in [1.807, 2.05) is 13.8 Å². The molecule has 0 amide bonds. The maximum Gasteiger partial charge on any atom is 0.174 e. The topological polar surface area (TPSA) is 71.1 Å². The molecule has 4 aliphatic carbocycles. The zero-order valence-electron chi connectivity index (χ0n) is 25.1. The number of hydrogen-bond donors (Lipinski definition) is 0. The van der Waals surface area contributed by atoms with Crippen LogP contribution in [0.1, 0.15) is 87.5 Å². The van der Waals surface area contributed by atoms with Gasteiger partial charge in [0.05, 0.1) is 17.8 Å². The highest BCUT2D eigenvalue weighted by atomic mass is 16.7. The molecule has 0 spiro atoms. The Morgan fingerprint density at radius 1 is 0.974 bits per heavy atom. The zero-order chi connectivity index (χ0) is 27.8. The van der Waals surface area contributed by atoms with E-state index in [1.54, 1.807) is 14.2 Å². The van der Waals surface area contributed by atoms with Crippen molar-refractivity contribution in [3.63, 3.8) is 0 Å². The molecule has 2 aliphatic heterocycles. The highest BCUT2D eigenvalue weighted by Crippen LogP contribution is 2.75. The van der Waals surface area contributed by atoms with Crippen molar-refractivity contribution in [3.8, 4) is 0 Å². The van der Waals surface area contributed by atoms with Gasteiger partial charge in [0, 0.05) is 43.8 Å². The summed E-state index contributed by atoms with van der Waals surface area (Å²) in [6, 6.07) is 0. The maximum absolute atomic E-state index is 14.6. The van der Waals surface area contributed by atoms with E-state index in [0.717, 1.165) is 24.8 Å². The van der Waals surface area contributed by atoms with Crippen LogP contribution in [0.2, 0.25) is 0 Å². The van der Waals surface area contributed by atoms with Gasteiger partial charge in [-0.05, 0) is 75.5 Å². The molecule has 5 fully saturated rings. The lowest BCUT2D eigenvalue weighted by Gasteiger charge is -2.64. The Bertz CT molecular complexity index is 1110. The van der Waals surface area contributed by atoms with Crippen LogP contribution in [0.25, 0.3) is 0 Å². The van der Waals surface area contributed by atoms with Gasteiger partial charge in [-0.2, -0.15) is 0 Å². The summed E-state index contributed by atoms with van der Waals surface area (Å²) in [7, 11) is 3.39. The third kappa shape index (κ3) is 2.94. The average Bonchev–Trinajstić information content (AvgIpc) is 3.17. The number of ketones is 2. The molecule has 2 heterocycles. The van der Waals surface area contributed by atoms with Crippen LogP contribution in [-0.4, -0.2) is 55.5 Å². The molecule has 2 saturated heterocycles. The summed E-state index contributed by atoms with van der Waals surface area (Å²) in [6.45, 7) is 17.5. The highest BCUT2D eigenvalue weighted by Gasteiger charge is 2.76. The molecule has 0 aromatic heterocycles. The van der Waals surface area contributed by atoms with E-state index in [4.69, 9.17) is 18.9 Å². The summed E-state index contributed by atoms with van der Waals surface area (Å²) in [4.78, 5) is 27.9. The van der Waals surface area contributed by atoms with Gasteiger partial charge in [0.1, 0.15) is 11.9 Å². The van der Waals surface area contributed by atoms with Crippen LogP contribution in [0.3, 0.4) is 0 Å². The highest BCUT2D eigenvalue weighted by molar-refractivity contribution is 5.94. The molecule has 6 rings (SSSR count). The standard InChI is InChI=1S/C32H48O6/c1-17-25-21(37-24-16-32(17,36-10)38-28(24,4)5)14-29(6)22-12-11-18-19(13-20(35-9)26(34)27(18,2)3)31(22,8)23(33)15-30(25,29)7/h11,17,19-22,24-25H,12-16H2,1-10H3/t17-,19+,20-,21+,22-,24-,25-,29-,30+,31-,32-/m0/s1. The number of carbonyl (C=O) groups is 2. The van der Waals surface area contributed by atoms with Crippen molar-refractivity contribution >= 4 is 11.6 Å². The van der Waals surface area contributed by atoms with E-state index >= 15 is 0 Å². The molecule has 3 saturated carbocycles. The summed E-state index contributed by atoms with van der Waals surface area (Å²) in [5.74, 6) is 0.204. The first-order chi connectivity index (χ1) is 17.5. The van der Waals surface area contributed by atoms with Gasteiger partial charge in [-0.25, -0.2) is 0 Å². The van der Waals surface area contributed by atoms with E-state index in [-0.39, 0.29) is 52.5 Å². The van der Waals surface area contributed by atoms with E-state index in [2.05, 4.69) is 47.6 Å². The normalized spacial score (nSPS) is 54.4. The van der Waals surface area contributed by atoms with Crippen molar-refractivity contribution in [2.24, 2.45) is 45.3 Å². The lowest BCUT2D eigenvalue weighted by atomic mass is 9.38. The molecule has 0 unspecified atom stereocenters. The largest absolute Gasteiger partial charge is 0.374 e. The molecule has 0 radical (unpaired) electrons. The number of methoxy groups -OCH3 is 2. The molecule has 212 valence electrons. The van der Waals surface area contributed by atoms with Gasteiger partial charge in [0.2, 0.25) is 0 Å². The Labute approximate surface area is 228 Å². The number of fused-ring (bicyclic) bond motifs is 9. The van der Waals surface area contributed by atoms with Crippen LogP contribution in [-0.2, 0) is 28.5 Å². The van der Waals surface area contributed by atoms with Gasteiger partial charge in [-0.15, -0.1) is 0 Å². The van der Waals surface area contributed by atoms with E-state index in [9.17, 15) is 9.59 Å². The monoisotopic (exact) mass is 528 g/mol. The third-order valence-corrected chi connectivity index (χ3v) is 13.3. The van der Waals surface area contributed by atoms with Crippen molar-refractivity contribution < 1.29 is 28.5 Å². The smallest absolute Gasteiger partial charge is 0.174 e. The second-order valence-electron chi connectivity index (χ2n) is 15.3. The fraction of sp³-hybridized carbons (Fsp3) is 0.875. The molecule has 38 heavy (non-hydrogen) atoms. The molecule has 0 aromatic carbocycles. The molecule has 6 heteroatoms. The average molecular weight is 529 g/mol. The summed E-state index contributed by atoms with van der Waals surface area (Å²) in [5.41, 5.74) is -0.774. The van der Waals surface area contributed by atoms with E-state index in [0.29, 0.717) is 18.6 Å². The summed E-state index contributed by atoms with van der Waals surface area (Å²) >= 11 is 0. The van der Waals surface area contributed by atoms with Crippen LogP contribution in [0, 0.1) is 45.3 Å². The molecular formula is C32H48O6. The fourth-order valence-corrected chi connectivity index (χ4v) is 10.9. The Kier molecular flexibility index (Phi) is 5.57. The van der Waals surface area contributed by atoms with Crippen molar-refractivity contribution in [1.29, 1.82) is 0 Å². The molecule has 2 bridgehead atoms. The number of carbonyl (C=O) groups excluding carboxylic acids is 2. The summed E-state index contributed by atoms with van der Waals surface area (Å²) < 4.78 is 25.6. The Morgan fingerprint density at radius 3 is 2.29 bits per heavy atom. The first-order valence-corrected chi connectivity index (χ1v) is 14.8. The van der Waals surface area contributed by atoms with E-state index < -0.39 is 28.3 Å². The van der Waals surface area contributed by atoms with Gasteiger partial charge in [0.25, 0.3) is 0 Å². The Balaban J connectivity index is 1.46. The van der Waals surface area contributed by atoms with Gasteiger partial charge in [-0.3, -0.25) is 9.59 Å². The molecule has 0 aromatic rings. The molecule has 11 atom stereocenters. The van der Waals surface area contributed by atoms with Crippen LogP contribution in [0.15, 0.2) is 11.6 Å². The Hall–Kier alpha value is -1.08. The van der Waals surface area contributed by atoms with Crippen LogP contribution < -0.4 is 0 Å². The first-order valence-electron chi connectivity index (χ1n) is 14.8. The van der Waals surface area contributed by atoms with Gasteiger partial charge in [-0.1, -0.05) is 39.3 Å². The van der Waals surface area contributed by atoms with Crippen molar-refractivity contribution in [3.05, 3.63) is 11.6 Å². The van der Waals surface area contributed by atoms with Crippen LogP contribution >= 0.6 is 0 Å².